The summed E-state index contributed by atoms with van der Waals surface area (Å²) >= 11 is 0. The maximum absolute atomic E-state index is 12.1. The van der Waals surface area contributed by atoms with Crippen LogP contribution in [-0.4, -0.2) is 19.1 Å². The Kier molecular flexibility index (Phi) is 4.51. The lowest BCUT2D eigenvalue weighted by Gasteiger charge is -2.31. The topological polar surface area (TPSA) is 41.6 Å². The number of anilines is 2. The molecule has 4 nitrogen and oxygen atoms in total. The van der Waals surface area contributed by atoms with Gasteiger partial charge in [-0.05, 0) is 23.6 Å². The van der Waals surface area contributed by atoms with Crippen molar-refractivity contribution < 1.29 is 9.53 Å². The first-order valence-electron chi connectivity index (χ1n) is 7.98. The molecule has 1 heterocycles. The van der Waals surface area contributed by atoms with Gasteiger partial charge < -0.3 is 15.0 Å². The summed E-state index contributed by atoms with van der Waals surface area (Å²) in [5.41, 5.74) is 3.08. The molecule has 2 aromatic rings. The molecule has 0 radical (unpaired) electrons. The van der Waals surface area contributed by atoms with Crippen molar-refractivity contribution >= 4 is 17.3 Å². The van der Waals surface area contributed by atoms with Gasteiger partial charge in [-0.3, -0.25) is 4.79 Å². The van der Waals surface area contributed by atoms with Crippen LogP contribution in [0.3, 0.4) is 0 Å². The van der Waals surface area contributed by atoms with E-state index < -0.39 is 0 Å². The number of carbonyl (C=O) groups excluding carboxylic acids is 1. The first-order valence-corrected chi connectivity index (χ1v) is 7.98. The molecule has 1 aliphatic heterocycles. The minimum absolute atomic E-state index is 0.0243. The van der Waals surface area contributed by atoms with Crippen molar-refractivity contribution in [1.29, 1.82) is 0 Å². The lowest BCUT2D eigenvalue weighted by molar-refractivity contribution is -0.121. The van der Waals surface area contributed by atoms with Crippen molar-refractivity contribution in [2.45, 2.75) is 20.4 Å². The van der Waals surface area contributed by atoms with Gasteiger partial charge in [-0.25, -0.2) is 0 Å². The molecule has 0 aliphatic carbocycles. The van der Waals surface area contributed by atoms with E-state index in [2.05, 4.69) is 31.3 Å². The van der Waals surface area contributed by atoms with Gasteiger partial charge in [0.2, 0.25) is 0 Å². The van der Waals surface area contributed by atoms with Crippen LogP contribution in [-0.2, 0) is 11.3 Å². The third-order valence-electron chi connectivity index (χ3n) is 3.79. The van der Waals surface area contributed by atoms with Crippen molar-refractivity contribution in [2.24, 2.45) is 5.92 Å². The Hall–Kier alpha value is -2.49. The largest absolute Gasteiger partial charge is 0.481 e. The lowest BCUT2D eigenvalue weighted by Crippen LogP contribution is -2.40. The van der Waals surface area contributed by atoms with Crippen LogP contribution in [0.2, 0.25) is 0 Å². The standard InChI is InChI=1S/C19H22N2O2/c1-14(2)12-21-17-9-8-16(10-18(17)23-13-19(21)22)20-11-15-6-4-3-5-7-15/h3-10,14,20H,11-13H2,1-2H3. The Balaban J connectivity index is 1.75. The van der Waals surface area contributed by atoms with Gasteiger partial charge in [0.15, 0.2) is 6.61 Å². The molecule has 0 spiro atoms. The van der Waals surface area contributed by atoms with E-state index in [1.807, 2.05) is 41.3 Å². The highest BCUT2D eigenvalue weighted by atomic mass is 16.5. The van der Waals surface area contributed by atoms with Crippen molar-refractivity contribution in [3.05, 3.63) is 54.1 Å². The highest BCUT2D eigenvalue weighted by Gasteiger charge is 2.26. The minimum Gasteiger partial charge on any atom is -0.481 e. The molecule has 0 fully saturated rings. The summed E-state index contributed by atoms with van der Waals surface area (Å²) in [6.45, 7) is 5.80. The van der Waals surface area contributed by atoms with Gasteiger partial charge in [-0.15, -0.1) is 0 Å². The van der Waals surface area contributed by atoms with Crippen molar-refractivity contribution in [2.75, 3.05) is 23.4 Å². The molecular formula is C19H22N2O2. The number of benzene rings is 2. The van der Waals surface area contributed by atoms with Crippen molar-refractivity contribution in [1.82, 2.24) is 0 Å². The Morgan fingerprint density at radius 2 is 1.96 bits per heavy atom. The molecule has 0 atom stereocenters. The number of nitrogens with one attached hydrogen (secondary N) is 1. The van der Waals surface area contributed by atoms with Gasteiger partial charge >= 0.3 is 0 Å². The fourth-order valence-electron chi connectivity index (χ4n) is 2.68. The Bertz CT molecular complexity index is 683. The molecule has 0 unspecified atom stereocenters. The smallest absolute Gasteiger partial charge is 0.265 e. The van der Waals surface area contributed by atoms with Crippen LogP contribution in [0.5, 0.6) is 5.75 Å². The molecule has 120 valence electrons. The second kappa shape index (κ2) is 6.73. The maximum Gasteiger partial charge on any atom is 0.265 e. The number of ether oxygens (including phenoxy) is 1. The molecule has 1 amide bonds. The second-order valence-corrected chi connectivity index (χ2v) is 6.21. The summed E-state index contributed by atoms with van der Waals surface area (Å²) < 4.78 is 5.61. The molecule has 0 saturated carbocycles. The molecule has 23 heavy (non-hydrogen) atoms. The van der Waals surface area contributed by atoms with E-state index in [0.29, 0.717) is 12.5 Å². The van der Waals surface area contributed by atoms with Crippen LogP contribution < -0.4 is 15.0 Å². The summed E-state index contributed by atoms with van der Waals surface area (Å²) in [6.07, 6.45) is 0. The average Bonchev–Trinajstić information content (AvgIpc) is 2.56. The monoisotopic (exact) mass is 310 g/mol. The normalized spacial score (nSPS) is 13.7. The molecule has 1 N–H and O–H groups in total. The predicted molar refractivity (Wildman–Crippen MR) is 92.9 cm³/mol. The molecule has 2 aromatic carbocycles. The SMILES string of the molecule is CC(C)CN1C(=O)COc2cc(NCc3ccccc3)ccc21. The number of hydrogen-bond acceptors (Lipinski definition) is 3. The highest BCUT2D eigenvalue weighted by molar-refractivity contribution is 5.98. The molecule has 0 aromatic heterocycles. The fraction of sp³-hybridized carbons (Fsp3) is 0.316. The summed E-state index contributed by atoms with van der Waals surface area (Å²) in [7, 11) is 0. The zero-order valence-electron chi connectivity index (χ0n) is 13.6. The van der Waals surface area contributed by atoms with Crippen LogP contribution in [0.25, 0.3) is 0 Å². The van der Waals surface area contributed by atoms with Crippen LogP contribution in [0, 0.1) is 5.92 Å². The number of hydrogen-bond donors (Lipinski definition) is 1. The maximum atomic E-state index is 12.1. The molecule has 0 bridgehead atoms. The molecule has 0 saturated heterocycles. The lowest BCUT2D eigenvalue weighted by atomic mass is 10.1. The highest BCUT2D eigenvalue weighted by Crippen LogP contribution is 2.35. The minimum atomic E-state index is 0.0243. The molecule has 3 rings (SSSR count). The van der Waals surface area contributed by atoms with E-state index in [1.165, 1.54) is 5.56 Å². The zero-order chi connectivity index (χ0) is 16.2. The first kappa shape index (κ1) is 15.4. The van der Waals surface area contributed by atoms with E-state index in [9.17, 15) is 4.79 Å². The van der Waals surface area contributed by atoms with Gasteiger partial charge in [0.1, 0.15) is 5.75 Å². The average molecular weight is 310 g/mol. The predicted octanol–water partition coefficient (Wildman–Crippen LogP) is 3.68. The Morgan fingerprint density at radius 3 is 2.70 bits per heavy atom. The van der Waals surface area contributed by atoms with Crippen LogP contribution in [0.4, 0.5) is 11.4 Å². The van der Waals surface area contributed by atoms with E-state index in [1.54, 1.807) is 0 Å². The van der Waals surface area contributed by atoms with Crippen LogP contribution >= 0.6 is 0 Å². The summed E-state index contributed by atoms with van der Waals surface area (Å²) in [5, 5.41) is 3.39. The Labute approximate surface area is 137 Å². The number of carbonyl (C=O) groups is 1. The summed E-state index contributed by atoms with van der Waals surface area (Å²) in [6, 6.07) is 16.2. The zero-order valence-corrected chi connectivity index (χ0v) is 13.6. The second-order valence-electron chi connectivity index (χ2n) is 6.21. The van der Waals surface area contributed by atoms with Gasteiger partial charge in [-0.1, -0.05) is 44.2 Å². The Morgan fingerprint density at radius 1 is 1.17 bits per heavy atom. The first-order chi connectivity index (χ1) is 11.1. The van der Waals surface area contributed by atoms with Crippen LogP contribution in [0.1, 0.15) is 19.4 Å². The van der Waals surface area contributed by atoms with Crippen LogP contribution in [0.15, 0.2) is 48.5 Å². The van der Waals surface area contributed by atoms with Crippen molar-refractivity contribution in [3.63, 3.8) is 0 Å². The van der Waals surface area contributed by atoms with E-state index in [4.69, 9.17) is 4.74 Å². The van der Waals surface area contributed by atoms with E-state index >= 15 is 0 Å². The summed E-state index contributed by atoms with van der Waals surface area (Å²) in [5.74, 6) is 1.21. The van der Waals surface area contributed by atoms with E-state index in [0.717, 1.165) is 23.7 Å². The van der Waals surface area contributed by atoms with Gasteiger partial charge in [0.25, 0.3) is 5.91 Å². The van der Waals surface area contributed by atoms with Gasteiger partial charge in [0, 0.05) is 24.8 Å². The third-order valence-corrected chi connectivity index (χ3v) is 3.79. The quantitative estimate of drug-likeness (QED) is 0.916. The third kappa shape index (κ3) is 3.65. The van der Waals surface area contributed by atoms with Gasteiger partial charge in [-0.2, -0.15) is 0 Å². The van der Waals surface area contributed by atoms with E-state index in [-0.39, 0.29) is 12.5 Å². The van der Waals surface area contributed by atoms with Crippen molar-refractivity contribution in [3.8, 4) is 5.75 Å². The number of fused-ring (bicyclic) bond motifs is 1. The molecule has 4 heteroatoms. The number of rotatable bonds is 5. The number of amides is 1. The fourth-order valence-corrected chi connectivity index (χ4v) is 2.68. The molecule has 1 aliphatic rings. The van der Waals surface area contributed by atoms with Gasteiger partial charge in [0.05, 0.1) is 5.69 Å². The number of nitrogens with zero attached hydrogens (tertiary/aromatic N) is 1. The summed E-state index contributed by atoms with van der Waals surface area (Å²) in [4.78, 5) is 13.9. The molecular weight excluding hydrogens is 288 g/mol.